The van der Waals surface area contributed by atoms with Gasteiger partial charge in [-0.05, 0) is 30.5 Å². The number of benzene rings is 2. The molecule has 2 amide bonds. The molecule has 136 valence electrons. The first-order valence-corrected chi connectivity index (χ1v) is 8.97. The van der Waals surface area contributed by atoms with Crippen molar-refractivity contribution in [1.29, 1.82) is 0 Å². The van der Waals surface area contributed by atoms with Crippen molar-refractivity contribution in [2.45, 2.75) is 20.4 Å². The van der Waals surface area contributed by atoms with Gasteiger partial charge < -0.3 is 10.2 Å². The lowest BCUT2D eigenvalue weighted by Crippen LogP contribution is -2.51. The van der Waals surface area contributed by atoms with Crippen LogP contribution in [0.3, 0.4) is 0 Å². The van der Waals surface area contributed by atoms with E-state index in [2.05, 4.69) is 22.3 Å². The van der Waals surface area contributed by atoms with E-state index in [9.17, 15) is 9.59 Å². The number of amides is 2. The minimum atomic E-state index is -0.557. The summed E-state index contributed by atoms with van der Waals surface area (Å²) in [4.78, 5) is 28.8. The zero-order valence-electron chi connectivity index (χ0n) is 15.4. The van der Waals surface area contributed by atoms with Crippen LogP contribution in [0, 0.1) is 13.8 Å². The molecule has 5 heteroatoms. The lowest BCUT2D eigenvalue weighted by Gasteiger charge is -2.34. The molecular formula is C21H25N3O2. The monoisotopic (exact) mass is 351 g/mol. The van der Waals surface area contributed by atoms with E-state index < -0.39 is 11.8 Å². The lowest BCUT2D eigenvalue weighted by atomic mass is 10.1. The van der Waals surface area contributed by atoms with E-state index in [1.165, 1.54) is 5.56 Å². The van der Waals surface area contributed by atoms with Crippen LogP contribution in [0.1, 0.15) is 16.7 Å². The molecule has 0 aromatic heterocycles. The van der Waals surface area contributed by atoms with Gasteiger partial charge in [-0.3, -0.25) is 14.5 Å². The Kier molecular flexibility index (Phi) is 5.68. The summed E-state index contributed by atoms with van der Waals surface area (Å²) in [6, 6.07) is 16.1. The molecule has 0 unspecified atom stereocenters. The van der Waals surface area contributed by atoms with Gasteiger partial charge in [0.1, 0.15) is 0 Å². The quantitative estimate of drug-likeness (QED) is 0.865. The van der Waals surface area contributed by atoms with Crippen molar-refractivity contribution < 1.29 is 9.59 Å². The van der Waals surface area contributed by atoms with Crippen LogP contribution in [-0.2, 0) is 16.1 Å². The molecule has 1 aliphatic heterocycles. The van der Waals surface area contributed by atoms with Gasteiger partial charge in [-0.1, -0.05) is 48.5 Å². The number of hydrogen-bond donors (Lipinski definition) is 1. The number of nitrogens with one attached hydrogen (secondary N) is 1. The highest BCUT2D eigenvalue weighted by Crippen LogP contribution is 2.19. The van der Waals surface area contributed by atoms with Gasteiger partial charge >= 0.3 is 11.8 Å². The van der Waals surface area contributed by atoms with Crippen LogP contribution in [0.25, 0.3) is 0 Å². The van der Waals surface area contributed by atoms with Crippen molar-refractivity contribution in [2.75, 3.05) is 31.5 Å². The molecule has 0 saturated carbocycles. The van der Waals surface area contributed by atoms with Crippen molar-refractivity contribution in [2.24, 2.45) is 0 Å². The van der Waals surface area contributed by atoms with E-state index in [1.807, 2.05) is 50.2 Å². The van der Waals surface area contributed by atoms with Crippen LogP contribution in [0.15, 0.2) is 48.5 Å². The molecule has 1 fully saturated rings. The number of hydrogen-bond acceptors (Lipinski definition) is 3. The van der Waals surface area contributed by atoms with E-state index in [0.717, 1.165) is 36.4 Å². The smallest absolute Gasteiger partial charge is 0.313 e. The molecule has 5 nitrogen and oxygen atoms in total. The summed E-state index contributed by atoms with van der Waals surface area (Å²) in [5.41, 5.74) is 3.91. The zero-order chi connectivity index (χ0) is 18.5. The average molecular weight is 351 g/mol. The third-order valence-electron chi connectivity index (χ3n) is 4.82. The molecule has 1 saturated heterocycles. The maximum atomic E-state index is 12.5. The van der Waals surface area contributed by atoms with Crippen molar-refractivity contribution in [3.8, 4) is 0 Å². The van der Waals surface area contributed by atoms with E-state index in [0.29, 0.717) is 13.1 Å². The van der Waals surface area contributed by atoms with Gasteiger partial charge in [-0.15, -0.1) is 0 Å². The average Bonchev–Trinajstić information content (AvgIpc) is 2.65. The summed E-state index contributed by atoms with van der Waals surface area (Å²) >= 11 is 0. The van der Waals surface area contributed by atoms with E-state index in [4.69, 9.17) is 0 Å². The maximum Gasteiger partial charge on any atom is 0.313 e. The fourth-order valence-corrected chi connectivity index (χ4v) is 3.27. The number of piperazine rings is 1. The summed E-state index contributed by atoms with van der Waals surface area (Å²) < 4.78 is 0. The normalized spacial score (nSPS) is 14.9. The van der Waals surface area contributed by atoms with Crippen molar-refractivity contribution in [3.05, 3.63) is 65.2 Å². The molecule has 0 spiro atoms. The number of carbonyl (C=O) groups is 2. The molecule has 1 heterocycles. The van der Waals surface area contributed by atoms with E-state index in [-0.39, 0.29) is 0 Å². The first kappa shape index (κ1) is 18.1. The summed E-state index contributed by atoms with van der Waals surface area (Å²) in [7, 11) is 0. The van der Waals surface area contributed by atoms with Gasteiger partial charge in [-0.25, -0.2) is 0 Å². The van der Waals surface area contributed by atoms with Crippen LogP contribution in [-0.4, -0.2) is 47.8 Å². The van der Waals surface area contributed by atoms with Crippen molar-refractivity contribution in [3.63, 3.8) is 0 Å². The number of rotatable bonds is 3. The Morgan fingerprint density at radius 3 is 2.12 bits per heavy atom. The molecule has 3 rings (SSSR count). The minimum Gasteiger partial charge on any atom is -0.332 e. The molecule has 0 radical (unpaired) electrons. The van der Waals surface area contributed by atoms with Crippen LogP contribution < -0.4 is 5.32 Å². The fraction of sp³-hybridized carbons (Fsp3) is 0.333. The van der Waals surface area contributed by atoms with E-state index >= 15 is 0 Å². The number of anilines is 1. The SMILES string of the molecule is Cc1cccc(C)c1NC(=O)C(=O)N1CCN(Cc2ccccc2)CC1. The third kappa shape index (κ3) is 4.29. The summed E-state index contributed by atoms with van der Waals surface area (Å²) in [6.45, 7) is 7.43. The second-order valence-corrected chi connectivity index (χ2v) is 6.77. The Bertz CT molecular complexity index is 761. The molecule has 1 aliphatic rings. The standard InChI is InChI=1S/C21H25N3O2/c1-16-7-6-8-17(2)19(16)22-20(25)21(26)24-13-11-23(12-14-24)15-18-9-4-3-5-10-18/h3-10H,11-15H2,1-2H3,(H,22,25). The predicted molar refractivity (Wildman–Crippen MR) is 103 cm³/mol. The second kappa shape index (κ2) is 8.15. The Labute approximate surface area is 154 Å². The molecule has 0 bridgehead atoms. The molecule has 0 atom stereocenters. The van der Waals surface area contributed by atoms with Crippen LogP contribution in [0.4, 0.5) is 5.69 Å². The lowest BCUT2D eigenvalue weighted by molar-refractivity contribution is -0.144. The number of carbonyl (C=O) groups excluding carboxylic acids is 2. The first-order valence-electron chi connectivity index (χ1n) is 8.97. The van der Waals surface area contributed by atoms with Gasteiger partial charge in [0.15, 0.2) is 0 Å². The first-order chi connectivity index (χ1) is 12.5. The van der Waals surface area contributed by atoms with Crippen LogP contribution >= 0.6 is 0 Å². The van der Waals surface area contributed by atoms with Gasteiger partial charge in [0.25, 0.3) is 0 Å². The van der Waals surface area contributed by atoms with Gasteiger partial charge in [0, 0.05) is 38.4 Å². The van der Waals surface area contributed by atoms with Crippen molar-refractivity contribution in [1.82, 2.24) is 9.80 Å². The van der Waals surface area contributed by atoms with Crippen LogP contribution in [0.2, 0.25) is 0 Å². The molecule has 2 aromatic rings. The Morgan fingerprint density at radius 1 is 0.885 bits per heavy atom. The molecular weight excluding hydrogens is 326 g/mol. The Balaban J connectivity index is 1.54. The Morgan fingerprint density at radius 2 is 1.50 bits per heavy atom. The third-order valence-corrected chi connectivity index (χ3v) is 4.82. The van der Waals surface area contributed by atoms with Crippen molar-refractivity contribution >= 4 is 17.5 Å². The molecule has 2 aromatic carbocycles. The van der Waals surface area contributed by atoms with Gasteiger partial charge in [0.05, 0.1) is 0 Å². The highest BCUT2D eigenvalue weighted by atomic mass is 16.2. The zero-order valence-corrected chi connectivity index (χ0v) is 15.4. The number of nitrogens with zero attached hydrogens (tertiary/aromatic N) is 2. The van der Waals surface area contributed by atoms with Gasteiger partial charge in [-0.2, -0.15) is 0 Å². The van der Waals surface area contributed by atoms with Gasteiger partial charge in [0.2, 0.25) is 0 Å². The minimum absolute atomic E-state index is 0.452. The second-order valence-electron chi connectivity index (χ2n) is 6.77. The number of aryl methyl sites for hydroxylation is 2. The molecule has 1 N–H and O–H groups in total. The highest BCUT2D eigenvalue weighted by Gasteiger charge is 2.26. The largest absolute Gasteiger partial charge is 0.332 e. The predicted octanol–water partition coefficient (Wildman–Crippen LogP) is 2.59. The molecule has 26 heavy (non-hydrogen) atoms. The van der Waals surface area contributed by atoms with E-state index in [1.54, 1.807) is 4.90 Å². The highest BCUT2D eigenvalue weighted by molar-refractivity contribution is 6.39. The maximum absolute atomic E-state index is 12.5. The fourth-order valence-electron chi connectivity index (χ4n) is 3.27. The van der Waals surface area contributed by atoms with Crippen LogP contribution in [0.5, 0.6) is 0 Å². The topological polar surface area (TPSA) is 52.7 Å². The Hall–Kier alpha value is -2.66. The summed E-state index contributed by atoms with van der Waals surface area (Å²) in [5.74, 6) is -1.01. The molecule has 0 aliphatic carbocycles. The summed E-state index contributed by atoms with van der Waals surface area (Å²) in [6.07, 6.45) is 0. The number of para-hydroxylation sites is 1. The summed E-state index contributed by atoms with van der Waals surface area (Å²) in [5, 5.41) is 2.78.